The number of nitrogens with zero attached hydrogens (tertiary/aromatic N) is 1. The van der Waals surface area contributed by atoms with Crippen LogP contribution < -0.4 is 5.32 Å². The summed E-state index contributed by atoms with van der Waals surface area (Å²) < 4.78 is 26.0. The van der Waals surface area contributed by atoms with E-state index in [1.165, 1.54) is 0 Å². The molecule has 0 aliphatic carbocycles. The lowest BCUT2D eigenvalue weighted by Crippen LogP contribution is -2.26. The summed E-state index contributed by atoms with van der Waals surface area (Å²) in [5.74, 6) is -3.09. The quantitative estimate of drug-likeness (QED) is 0.661. The van der Waals surface area contributed by atoms with Crippen molar-refractivity contribution in [2.24, 2.45) is 5.92 Å². The van der Waals surface area contributed by atoms with E-state index in [9.17, 15) is 23.7 Å². The lowest BCUT2D eigenvalue weighted by atomic mass is 10.1. The molecular formula is C12H14F2N2O3. The van der Waals surface area contributed by atoms with Crippen LogP contribution in [0, 0.1) is 27.7 Å². The molecular weight excluding hydrogens is 258 g/mol. The van der Waals surface area contributed by atoms with Gasteiger partial charge < -0.3 is 5.32 Å². The van der Waals surface area contributed by atoms with E-state index >= 15 is 0 Å². The van der Waals surface area contributed by atoms with Crippen molar-refractivity contribution in [3.8, 4) is 0 Å². The van der Waals surface area contributed by atoms with Crippen LogP contribution in [0.3, 0.4) is 0 Å². The number of carbonyl (C=O) groups excluding carboxylic acids is 1. The predicted octanol–water partition coefficient (Wildman–Crippen LogP) is 2.65. The summed E-state index contributed by atoms with van der Waals surface area (Å²) in [4.78, 5) is 21.5. The van der Waals surface area contributed by atoms with E-state index in [2.05, 4.69) is 5.32 Å². The second kappa shape index (κ2) is 6.21. The number of amides is 1. The first kappa shape index (κ1) is 15.0. The maximum Gasteiger partial charge on any atom is 0.285 e. The molecule has 1 N–H and O–H groups in total. The van der Waals surface area contributed by atoms with Crippen molar-refractivity contribution in [1.29, 1.82) is 0 Å². The number of nitrogens with one attached hydrogen (secondary N) is 1. The first-order valence-electron chi connectivity index (χ1n) is 5.74. The van der Waals surface area contributed by atoms with Gasteiger partial charge in [0.1, 0.15) is 5.56 Å². The zero-order chi connectivity index (χ0) is 14.6. The summed E-state index contributed by atoms with van der Waals surface area (Å²) in [5, 5.41) is 13.1. The minimum Gasteiger partial charge on any atom is -0.352 e. The van der Waals surface area contributed by atoms with Gasteiger partial charge in [-0.1, -0.05) is 13.8 Å². The van der Waals surface area contributed by atoms with Crippen molar-refractivity contribution < 1.29 is 18.5 Å². The molecule has 0 aliphatic rings. The van der Waals surface area contributed by atoms with Gasteiger partial charge in [-0.25, -0.2) is 8.78 Å². The third-order valence-corrected chi connectivity index (χ3v) is 2.49. The first-order chi connectivity index (χ1) is 8.82. The number of carbonyl (C=O) groups is 1. The highest BCUT2D eigenvalue weighted by Gasteiger charge is 2.23. The highest BCUT2D eigenvalue weighted by molar-refractivity contribution is 5.98. The molecule has 0 unspecified atom stereocenters. The number of benzene rings is 1. The molecule has 0 radical (unpaired) electrons. The maximum atomic E-state index is 13.1. The SMILES string of the molecule is CC(C)CCNC(=O)c1cc(F)c(F)cc1[N+](=O)[O-]. The Morgan fingerprint density at radius 1 is 1.37 bits per heavy atom. The van der Waals surface area contributed by atoms with Gasteiger partial charge in [-0.3, -0.25) is 14.9 Å². The van der Waals surface area contributed by atoms with E-state index in [1.54, 1.807) is 0 Å². The van der Waals surface area contributed by atoms with E-state index < -0.39 is 33.7 Å². The van der Waals surface area contributed by atoms with E-state index in [4.69, 9.17) is 0 Å². The Labute approximate surface area is 108 Å². The Morgan fingerprint density at radius 2 is 1.95 bits per heavy atom. The topological polar surface area (TPSA) is 72.2 Å². The van der Waals surface area contributed by atoms with Crippen LogP contribution in [0.5, 0.6) is 0 Å². The zero-order valence-electron chi connectivity index (χ0n) is 10.6. The number of hydrogen-bond acceptors (Lipinski definition) is 3. The largest absolute Gasteiger partial charge is 0.352 e. The molecule has 0 aromatic heterocycles. The third-order valence-electron chi connectivity index (χ3n) is 2.49. The van der Waals surface area contributed by atoms with Crippen LogP contribution in [0.4, 0.5) is 14.5 Å². The van der Waals surface area contributed by atoms with Crippen molar-refractivity contribution in [3.05, 3.63) is 39.4 Å². The van der Waals surface area contributed by atoms with Crippen LogP contribution in [-0.4, -0.2) is 17.4 Å². The average molecular weight is 272 g/mol. The van der Waals surface area contributed by atoms with E-state index in [0.29, 0.717) is 31.0 Å². The fraction of sp³-hybridized carbons (Fsp3) is 0.417. The number of rotatable bonds is 5. The van der Waals surface area contributed by atoms with Gasteiger partial charge in [-0.2, -0.15) is 0 Å². The summed E-state index contributed by atoms with van der Waals surface area (Å²) in [6, 6.07) is 0.949. The summed E-state index contributed by atoms with van der Waals surface area (Å²) in [7, 11) is 0. The monoisotopic (exact) mass is 272 g/mol. The number of hydrogen-bond donors (Lipinski definition) is 1. The number of nitro groups is 1. The summed E-state index contributed by atoms with van der Waals surface area (Å²) in [5.41, 5.74) is -1.23. The fourth-order valence-electron chi connectivity index (χ4n) is 1.44. The van der Waals surface area contributed by atoms with Gasteiger partial charge in [0.15, 0.2) is 11.6 Å². The minimum absolute atomic E-state index is 0.312. The van der Waals surface area contributed by atoms with Gasteiger partial charge in [-0.05, 0) is 18.4 Å². The molecule has 104 valence electrons. The molecule has 19 heavy (non-hydrogen) atoms. The maximum absolute atomic E-state index is 13.1. The normalized spacial score (nSPS) is 10.6. The second-order valence-electron chi connectivity index (χ2n) is 4.48. The molecule has 1 aromatic carbocycles. The van der Waals surface area contributed by atoms with Crippen LogP contribution in [-0.2, 0) is 0 Å². The highest BCUT2D eigenvalue weighted by atomic mass is 19.2. The molecule has 1 amide bonds. The van der Waals surface area contributed by atoms with Crippen molar-refractivity contribution >= 4 is 11.6 Å². The summed E-state index contributed by atoms with van der Waals surface area (Å²) in [6.45, 7) is 4.21. The molecule has 1 rings (SSSR count). The van der Waals surface area contributed by atoms with Crippen LogP contribution in [0.25, 0.3) is 0 Å². The van der Waals surface area contributed by atoms with Crippen LogP contribution in [0.15, 0.2) is 12.1 Å². The minimum atomic E-state index is -1.36. The fourth-order valence-corrected chi connectivity index (χ4v) is 1.44. The van der Waals surface area contributed by atoms with Gasteiger partial charge in [0.2, 0.25) is 0 Å². The molecule has 0 saturated heterocycles. The summed E-state index contributed by atoms with van der Waals surface area (Å²) in [6.07, 6.45) is 0.684. The molecule has 0 bridgehead atoms. The molecule has 0 aliphatic heterocycles. The average Bonchev–Trinajstić information content (AvgIpc) is 2.31. The lowest BCUT2D eigenvalue weighted by Gasteiger charge is -2.08. The van der Waals surface area contributed by atoms with Crippen molar-refractivity contribution in [1.82, 2.24) is 5.32 Å². The molecule has 1 aromatic rings. The smallest absolute Gasteiger partial charge is 0.285 e. The van der Waals surface area contributed by atoms with Crippen LogP contribution >= 0.6 is 0 Å². The zero-order valence-corrected chi connectivity index (χ0v) is 10.6. The second-order valence-corrected chi connectivity index (χ2v) is 4.48. The molecule has 5 nitrogen and oxygen atoms in total. The van der Waals surface area contributed by atoms with E-state index in [1.807, 2.05) is 13.8 Å². The van der Waals surface area contributed by atoms with Gasteiger partial charge in [0, 0.05) is 6.54 Å². The van der Waals surface area contributed by atoms with Crippen molar-refractivity contribution in [3.63, 3.8) is 0 Å². The van der Waals surface area contributed by atoms with Crippen LogP contribution in [0.1, 0.15) is 30.6 Å². The number of halogens is 2. The number of nitro benzene ring substituents is 1. The molecule has 0 saturated carbocycles. The van der Waals surface area contributed by atoms with E-state index in [-0.39, 0.29) is 0 Å². The Balaban J connectivity index is 2.95. The van der Waals surface area contributed by atoms with Gasteiger partial charge in [-0.15, -0.1) is 0 Å². The molecule has 0 heterocycles. The standard InChI is InChI=1S/C12H14F2N2O3/c1-7(2)3-4-15-12(17)8-5-9(13)10(14)6-11(8)16(18)19/h5-7H,3-4H2,1-2H3,(H,15,17). The van der Waals surface area contributed by atoms with Gasteiger partial charge in [0.25, 0.3) is 11.6 Å². The third kappa shape index (κ3) is 3.97. The van der Waals surface area contributed by atoms with Crippen LogP contribution in [0.2, 0.25) is 0 Å². The molecule has 7 heteroatoms. The van der Waals surface area contributed by atoms with Crippen molar-refractivity contribution in [2.75, 3.05) is 6.54 Å². The predicted molar refractivity (Wildman–Crippen MR) is 64.8 cm³/mol. The molecule has 0 fully saturated rings. The summed E-state index contributed by atoms with van der Waals surface area (Å²) >= 11 is 0. The highest BCUT2D eigenvalue weighted by Crippen LogP contribution is 2.22. The molecule has 0 atom stereocenters. The first-order valence-corrected chi connectivity index (χ1v) is 5.74. The lowest BCUT2D eigenvalue weighted by molar-refractivity contribution is -0.385. The Kier molecular flexibility index (Phi) is 4.91. The van der Waals surface area contributed by atoms with Crippen molar-refractivity contribution in [2.45, 2.75) is 20.3 Å². The van der Waals surface area contributed by atoms with E-state index in [0.717, 1.165) is 0 Å². The Hall–Kier alpha value is -2.05. The molecule has 0 spiro atoms. The Bertz CT molecular complexity index is 504. The van der Waals surface area contributed by atoms with Gasteiger partial charge in [0.05, 0.1) is 11.0 Å². The Morgan fingerprint density at radius 3 is 2.47 bits per heavy atom. The van der Waals surface area contributed by atoms with Gasteiger partial charge >= 0.3 is 0 Å².